The second-order valence-electron chi connectivity index (χ2n) is 3.74. The summed E-state index contributed by atoms with van der Waals surface area (Å²) >= 11 is 1.55. The molecule has 0 aromatic carbocycles. The van der Waals surface area contributed by atoms with Crippen LogP contribution in [0.3, 0.4) is 0 Å². The SMILES string of the molecule is C=CCCCCCC(O)c1scnc1C. The number of unbranched alkanes of at least 4 members (excludes halogenated alkanes) is 3. The fourth-order valence-electron chi connectivity index (χ4n) is 1.56. The van der Waals surface area contributed by atoms with Crippen LogP contribution in [0.5, 0.6) is 0 Å². The lowest BCUT2D eigenvalue weighted by Gasteiger charge is -2.08. The highest BCUT2D eigenvalue weighted by atomic mass is 32.1. The predicted octanol–water partition coefficient (Wildman–Crippen LogP) is 3.62. The minimum absolute atomic E-state index is 0.318. The molecule has 1 rings (SSSR count). The number of aliphatic hydroxyl groups is 1. The number of rotatable bonds is 7. The number of hydrogen-bond donors (Lipinski definition) is 1. The molecule has 0 amide bonds. The number of hydrogen-bond acceptors (Lipinski definition) is 3. The third kappa shape index (κ3) is 4.14. The van der Waals surface area contributed by atoms with E-state index in [1.54, 1.807) is 16.8 Å². The lowest BCUT2D eigenvalue weighted by molar-refractivity contribution is 0.166. The molecule has 2 nitrogen and oxygen atoms in total. The summed E-state index contributed by atoms with van der Waals surface area (Å²) in [7, 11) is 0. The van der Waals surface area contributed by atoms with Crippen molar-refractivity contribution in [2.24, 2.45) is 0 Å². The van der Waals surface area contributed by atoms with Crippen molar-refractivity contribution >= 4 is 11.3 Å². The Balaban J connectivity index is 2.22. The average molecular weight is 225 g/mol. The maximum Gasteiger partial charge on any atom is 0.0900 e. The third-order valence-corrected chi connectivity index (χ3v) is 3.50. The van der Waals surface area contributed by atoms with Gasteiger partial charge in [0.15, 0.2) is 0 Å². The van der Waals surface area contributed by atoms with Gasteiger partial charge in [-0.15, -0.1) is 17.9 Å². The van der Waals surface area contributed by atoms with Crippen LogP contribution in [0.2, 0.25) is 0 Å². The highest BCUT2D eigenvalue weighted by molar-refractivity contribution is 7.09. The summed E-state index contributed by atoms with van der Waals surface area (Å²) in [6.07, 6.45) is 6.98. The van der Waals surface area contributed by atoms with E-state index in [1.807, 2.05) is 13.0 Å². The molecule has 1 aromatic heterocycles. The Morgan fingerprint density at radius 3 is 2.93 bits per heavy atom. The molecule has 0 aliphatic rings. The Hall–Kier alpha value is -0.670. The van der Waals surface area contributed by atoms with Crippen molar-refractivity contribution in [1.82, 2.24) is 4.98 Å². The fourth-order valence-corrected chi connectivity index (χ4v) is 2.39. The molecule has 0 radical (unpaired) electrons. The van der Waals surface area contributed by atoms with Gasteiger partial charge in [-0.25, -0.2) is 4.98 Å². The highest BCUT2D eigenvalue weighted by Crippen LogP contribution is 2.25. The van der Waals surface area contributed by atoms with Gasteiger partial charge in [0.1, 0.15) is 0 Å². The van der Waals surface area contributed by atoms with Crippen molar-refractivity contribution in [3.8, 4) is 0 Å². The Bertz CT molecular complexity index is 296. The lowest BCUT2D eigenvalue weighted by atomic mass is 10.1. The molecule has 1 heterocycles. The minimum atomic E-state index is -0.318. The topological polar surface area (TPSA) is 33.1 Å². The normalized spacial score (nSPS) is 12.7. The molecular weight excluding hydrogens is 206 g/mol. The molecule has 1 unspecified atom stereocenters. The van der Waals surface area contributed by atoms with Gasteiger partial charge in [-0.05, 0) is 26.2 Å². The first-order valence-electron chi connectivity index (χ1n) is 5.44. The molecule has 0 saturated heterocycles. The summed E-state index contributed by atoms with van der Waals surface area (Å²) in [5.74, 6) is 0. The zero-order chi connectivity index (χ0) is 11.1. The number of allylic oxidation sites excluding steroid dienone is 1. The first-order chi connectivity index (χ1) is 7.25. The first-order valence-corrected chi connectivity index (χ1v) is 6.32. The van der Waals surface area contributed by atoms with Gasteiger partial charge in [-0.2, -0.15) is 0 Å². The van der Waals surface area contributed by atoms with Crippen molar-refractivity contribution in [1.29, 1.82) is 0 Å². The van der Waals surface area contributed by atoms with Crippen LogP contribution in [0, 0.1) is 6.92 Å². The maximum absolute atomic E-state index is 9.90. The van der Waals surface area contributed by atoms with E-state index in [1.165, 1.54) is 12.8 Å². The molecule has 0 fully saturated rings. The summed E-state index contributed by atoms with van der Waals surface area (Å²) in [6, 6.07) is 0. The van der Waals surface area contributed by atoms with Crippen LogP contribution in [0.15, 0.2) is 18.2 Å². The molecule has 1 N–H and O–H groups in total. The van der Waals surface area contributed by atoms with E-state index >= 15 is 0 Å². The molecule has 0 aliphatic heterocycles. The number of aliphatic hydroxyl groups excluding tert-OH is 1. The Labute approximate surface area is 95.7 Å². The third-order valence-electron chi connectivity index (χ3n) is 2.47. The minimum Gasteiger partial charge on any atom is -0.388 e. The van der Waals surface area contributed by atoms with E-state index in [0.29, 0.717) is 0 Å². The maximum atomic E-state index is 9.90. The van der Waals surface area contributed by atoms with Gasteiger partial charge in [0.2, 0.25) is 0 Å². The van der Waals surface area contributed by atoms with E-state index < -0.39 is 0 Å². The zero-order valence-electron chi connectivity index (χ0n) is 9.28. The monoisotopic (exact) mass is 225 g/mol. The number of aryl methyl sites for hydroxylation is 1. The van der Waals surface area contributed by atoms with Gasteiger partial charge in [-0.3, -0.25) is 0 Å². The number of aromatic nitrogens is 1. The largest absolute Gasteiger partial charge is 0.388 e. The van der Waals surface area contributed by atoms with Gasteiger partial charge < -0.3 is 5.11 Å². The van der Waals surface area contributed by atoms with Crippen molar-refractivity contribution in [3.63, 3.8) is 0 Å². The van der Waals surface area contributed by atoms with Crippen LogP contribution < -0.4 is 0 Å². The molecule has 84 valence electrons. The quantitative estimate of drug-likeness (QED) is 0.568. The van der Waals surface area contributed by atoms with Gasteiger partial charge in [0.05, 0.1) is 22.2 Å². The van der Waals surface area contributed by atoms with Crippen LogP contribution >= 0.6 is 11.3 Å². The first kappa shape index (κ1) is 12.4. The second kappa shape index (κ2) is 6.75. The summed E-state index contributed by atoms with van der Waals surface area (Å²) in [5.41, 5.74) is 2.77. The lowest BCUT2D eigenvalue weighted by Crippen LogP contribution is -1.96. The standard InChI is InChI=1S/C12H19NOS/c1-3-4-5-6-7-8-11(14)12-10(2)13-9-15-12/h3,9,11,14H,1,4-8H2,2H3. The van der Waals surface area contributed by atoms with Crippen LogP contribution in [0.4, 0.5) is 0 Å². The van der Waals surface area contributed by atoms with E-state index in [2.05, 4.69) is 11.6 Å². The molecule has 1 atom stereocenters. The molecule has 0 spiro atoms. The molecule has 15 heavy (non-hydrogen) atoms. The molecule has 0 aliphatic carbocycles. The molecule has 0 saturated carbocycles. The summed E-state index contributed by atoms with van der Waals surface area (Å²) < 4.78 is 0. The van der Waals surface area contributed by atoms with Crippen molar-refractivity contribution in [2.75, 3.05) is 0 Å². The van der Waals surface area contributed by atoms with E-state index in [0.717, 1.165) is 29.8 Å². The Morgan fingerprint density at radius 2 is 2.33 bits per heavy atom. The summed E-state index contributed by atoms with van der Waals surface area (Å²) in [4.78, 5) is 5.17. The Morgan fingerprint density at radius 1 is 1.53 bits per heavy atom. The van der Waals surface area contributed by atoms with Crippen molar-refractivity contribution in [2.45, 2.75) is 45.1 Å². The van der Waals surface area contributed by atoms with E-state index in [-0.39, 0.29) is 6.10 Å². The van der Waals surface area contributed by atoms with Gasteiger partial charge >= 0.3 is 0 Å². The number of thiazole rings is 1. The van der Waals surface area contributed by atoms with Crippen LogP contribution in [-0.4, -0.2) is 10.1 Å². The molecule has 0 bridgehead atoms. The Kier molecular flexibility index (Phi) is 5.58. The predicted molar refractivity (Wildman–Crippen MR) is 65.1 cm³/mol. The zero-order valence-corrected chi connectivity index (χ0v) is 10.1. The highest BCUT2D eigenvalue weighted by Gasteiger charge is 2.11. The fraction of sp³-hybridized carbons (Fsp3) is 0.583. The average Bonchev–Trinajstić information content (AvgIpc) is 2.64. The number of nitrogens with zero attached hydrogens (tertiary/aromatic N) is 1. The van der Waals surface area contributed by atoms with Crippen LogP contribution in [-0.2, 0) is 0 Å². The summed E-state index contributed by atoms with van der Waals surface area (Å²) in [5, 5.41) is 9.90. The summed E-state index contributed by atoms with van der Waals surface area (Å²) in [6.45, 7) is 5.64. The smallest absolute Gasteiger partial charge is 0.0900 e. The molecule has 3 heteroatoms. The van der Waals surface area contributed by atoms with Crippen molar-refractivity contribution in [3.05, 3.63) is 28.7 Å². The van der Waals surface area contributed by atoms with Gasteiger partial charge in [-0.1, -0.05) is 18.9 Å². The van der Waals surface area contributed by atoms with E-state index in [4.69, 9.17) is 0 Å². The van der Waals surface area contributed by atoms with Crippen molar-refractivity contribution < 1.29 is 5.11 Å². The van der Waals surface area contributed by atoms with Gasteiger partial charge in [0, 0.05) is 0 Å². The van der Waals surface area contributed by atoms with E-state index in [9.17, 15) is 5.11 Å². The second-order valence-corrected chi connectivity index (χ2v) is 4.63. The van der Waals surface area contributed by atoms with Crippen LogP contribution in [0.1, 0.15) is 48.8 Å². The van der Waals surface area contributed by atoms with Gasteiger partial charge in [0.25, 0.3) is 0 Å². The van der Waals surface area contributed by atoms with Crippen LogP contribution in [0.25, 0.3) is 0 Å². The molecule has 1 aromatic rings. The molecular formula is C12H19NOS.